The standard InChI is InChI=1S/C19H17N9O4S/c1-9-3-12(27-4-10(5-27)16(30)25-18-20-7-22-26(18)2)24-15-13(9)14(29)11(17(31)32)6-28(15)19-21-8-23-33-19/h3,6-8,10H,4-5H2,1-2H3,(H,31,32)(H,20,22,25,30). The Morgan fingerprint density at radius 3 is 2.67 bits per heavy atom. The summed E-state index contributed by atoms with van der Waals surface area (Å²) in [5, 5.41) is 16.8. The van der Waals surface area contributed by atoms with Crippen LogP contribution in [0.25, 0.3) is 16.2 Å². The number of nitrogens with one attached hydrogen (secondary N) is 1. The molecule has 0 atom stereocenters. The Bertz CT molecular complexity index is 1450. The van der Waals surface area contributed by atoms with Crippen LogP contribution in [0.4, 0.5) is 11.8 Å². The predicted octanol–water partition coefficient (Wildman–Crippen LogP) is 0.447. The summed E-state index contributed by atoms with van der Waals surface area (Å²) in [6, 6.07) is 1.72. The van der Waals surface area contributed by atoms with Crippen molar-refractivity contribution in [2.75, 3.05) is 23.3 Å². The highest BCUT2D eigenvalue weighted by Crippen LogP contribution is 2.28. The van der Waals surface area contributed by atoms with Crippen molar-refractivity contribution in [3.8, 4) is 5.13 Å². The van der Waals surface area contributed by atoms with Crippen LogP contribution in [0.1, 0.15) is 15.9 Å². The van der Waals surface area contributed by atoms with Crippen LogP contribution < -0.4 is 15.6 Å². The van der Waals surface area contributed by atoms with E-state index in [0.717, 1.165) is 11.5 Å². The first-order valence-electron chi connectivity index (χ1n) is 9.80. The fraction of sp³-hybridized carbons (Fsp3) is 0.263. The summed E-state index contributed by atoms with van der Waals surface area (Å²) >= 11 is 1.05. The van der Waals surface area contributed by atoms with Crippen molar-refractivity contribution in [1.82, 2.24) is 33.7 Å². The molecule has 0 radical (unpaired) electrons. The predicted molar refractivity (Wildman–Crippen MR) is 118 cm³/mol. The third-order valence-corrected chi connectivity index (χ3v) is 6.12. The number of aryl methyl sites for hydroxylation is 2. The van der Waals surface area contributed by atoms with Crippen molar-refractivity contribution in [2.24, 2.45) is 13.0 Å². The van der Waals surface area contributed by atoms with Gasteiger partial charge in [0, 0.05) is 37.9 Å². The Kier molecular flexibility index (Phi) is 4.85. The van der Waals surface area contributed by atoms with Crippen molar-refractivity contribution in [1.29, 1.82) is 0 Å². The molecule has 1 amide bonds. The number of carbonyl (C=O) groups is 2. The number of fused-ring (bicyclic) bond motifs is 1. The second-order valence-electron chi connectivity index (χ2n) is 7.57. The quantitative estimate of drug-likeness (QED) is 0.421. The number of carboxylic acid groups (broad SMARTS) is 1. The summed E-state index contributed by atoms with van der Waals surface area (Å²) in [7, 11) is 1.69. The average Bonchev–Trinajstić information content (AvgIpc) is 3.39. The van der Waals surface area contributed by atoms with Crippen LogP contribution in [0.3, 0.4) is 0 Å². The van der Waals surface area contributed by atoms with Gasteiger partial charge in [-0.25, -0.2) is 19.4 Å². The Balaban J connectivity index is 1.48. The number of pyridine rings is 2. The largest absolute Gasteiger partial charge is 0.477 e. The molecule has 0 aliphatic carbocycles. The van der Waals surface area contributed by atoms with Crippen molar-refractivity contribution in [2.45, 2.75) is 6.92 Å². The van der Waals surface area contributed by atoms with Gasteiger partial charge in [0.1, 0.15) is 24.0 Å². The number of hydrogen-bond acceptors (Lipinski definition) is 10. The molecule has 1 aliphatic rings. The van der Waals surface area contributed by atoms with Gasteiger partial charge in [-0.1, -0.05) is 0 Å². The molecule has 168 valence electrons. The number of aromatic nitrogens is 7. The second-order valence-corrected chi connectivity index (χ2v) is 8.32. The first-order chi connectivity index (χ1) is 15.8. The molecule has 1 fully saturated rings. The number of aromatic carboxylic acids is 1. The number of hydrogen-bond donors (Lipinski definition) is 2. The van der Waals surface area contributed by atoms with E-state index in [1.807, 2.05) is 4.90 Å². The Morgan fingerprint density at radius 1 is 1.24 bits per heavy atom. The molecule has 1 saturated heterocycles. The zero-order chi connectivity index (χ0) is 23.3. The van der Waals surface area contributed by atoms with E-state index < -0.39 is 11.4 Å². The maximum atomic E-state index is 12.9. The smallest absolute Gasteiger partial charge is 0.341 e. The van der Waals surface area contributed by atoms with Crippen LogP contribution in [0.15, 0.2) is 29.7 Å². The van der Waals surface area contributed by atoms with Gasteiger partial charge in [-0.15, -0.1) is 0 Å². The van der Waals surface area contributed by atoms with Gasteiger partial charge >= 0.3 is 5.97 Å². The van der Waals surface area contributed by atoms with E-state index >= 15 is 0 Å². The third kappa shape index (κ3) is 3.49. The lowest BCUT2D eigenvalue weighted by atomic mass is 9.98. The number of nitrogens with zero attached hydrogens (tertiary/aromatic N) is 8. The van der Waals surface area contributed by atoms with Crippen molar-refractivity contribution in [3.63, 3.8) is 0 Å². The Morgan fingerprint density at radius 2 is 2.03 bits per heavy atom. The molecule has 0 aromatic carbocycles. The second kappa shape index (κ2) is 7.74. The van der Waals surface area contributed by atoms with E-state index in [-0.39, 0.29) is 28.4 Å². The fourth-order valence-electron chi connectivity index (χ4n) is 3.66. The number of carboxylic acids is 1. The molecule has 13 nitrogen and oxygen atoms in total. The molecule has 0 bridgehead atoms. The molecule has 0 spiro atoms. The summed E-state index contributed by atoms with van der Waals surface area (Å²) in [6.07, 6.45) is 3.92. The first-order valence-corrected chi connectivity index (χ1v) is 10.6. The third-order valence-electron chi connectivity index (χ3n) is 5.45. The van der Waals surface area contributed by atoms with Crippen LogP contribution in [0.2, 0.25) is 0 Å². The van der Waals surface area contributed by atoms with Crippen LogP contribution in [0, 0.1) is 12.8 Å². The molecule has 0 saturated carbocycles. The molecule has 14 heteroatoms. The molecule has 33 heavy (non-hydrogen) atoms. The van der Waals surface area contributed by atoms with Crippen LogP contribution in [-0.2, 0) is 11.8 Å². The van der Waals surface area contributed by atoms with Crippen molar-refractivity contribution in [3.05, 3.63) is 46.3 Å². The maximum absolute atomic E-state index is 12.9. The molecule has 4 aromatic heterocycles. The Labute approximate surface area is 189 Å². The first kappa shape index (κ1) is 20.7. The lowest BCUT2D eigenvalue weighted by Crippen LogP contribution is -2.52. The van der Waals surface area contributed by atoms with E-state index in [9.17, 15) is 19.5 Å². The average molecular weight is 467 g/mol. The topological polar surface area (TPSA) is 161 Å². The van der Waals surface area contributed by atoms with Crippen LogP contribution in [0.5, 0.6) is 0 Å². The van der Waals surface area contributed by atoms with Gasteiger partial charge in [0.25, 0.3) is 0 Å². The SMILES string of the molecule is Cc1cc(N2CC(C(=O)Nc3ncnn3C)C2)nc2c1c(=O)c(C(=O)O)cn2-c1ncns1. The van der Waals surface area contributed by atoms with Gasteiger partial charge in [0.05, 0.1) is 11.3 Å². The van der Waals surface area contributed by atoms with Gasteiger partial charge in [0.15, 0.2) is 5.65 Å². The van der Waals surface area contributed by atoms with Crippen molar-refractivity contribution < 1.29 is 14.7 Å². The highest BCUT2D eigenvalue weighted by molar-refractivity contribution is 7.08. The van der Waals surface area contributed by atoms with Gasteiger partial charge < -0.3 is 10.0 Å². The number of anilines is 2. The normalized spacial score (nSPS) is 13.8. The van der Waals surface area contributed by atoms with Gasteiger partial charge in [0.2, 0.25) is 22.4 Å². The Hall–Kier alpha value is -4.20. The minimum Gasteiger partial charge on any atom is -0.477 e. The number of carbonyl (C=O) groups excluding carboxylic acids is 1. The van der Waals surface area contributed by atoms with Gasteiger partial charge in [-0.2, -0.15) is 14.5 Å². The van der Waals surface area contributed by atoms with E-state index in [4.69, 9.17) is 0 Å². The minimum absolute atomic E-state index is 0.170. The monoisotopic (exact) mass is 467 g/mol. The zero-order valence-corrected chi connectivity index (χ0v) is 18.3. The molecule has 5 rings (SSSR count). The summed E-state index contributed by atoms with van der Waals surface area (Å²) in [5.74, 6) is -0.823. The summed E-state index contributed by atoms with van der Waals surface area (Å²) in [4.78, 5) is 51.7. The highest BCUT2D eigenvalue weighted by Gasteiger charge is 2.34. The van der Waals surface area contributed by atoms with E-state index in [1.54, 1.807) is 20.0 Å². The van der Waals surface area contributed by atoms with E-state index in [2.05, 4.69) is 29.7 Å². The summed E-state index contributed by atoms with van der Waals surface area (Å²) in [6.45, 7) is 2.58. The molecular weight excluding hydrogens is 450 g/mol. The van der Waals surface area contributed by atoms with Crippen LogP contribution >= 0.6 is 11.5 Å². The van der Waals surface area contributed by atoms with Gasteiger partial charge in [-0.3, -0.25) is 19.5 Å². The van der Waals surface area contributed by atoms with E-state index in [0.29, 0.717) is 35.6 Å². The molecule has 4 aromatic rings. The van der Waals surface area contributed by atoms with Gasteiger partial charge in [-0.05, 0) is 18.6 Å². The molecular formula is C19H17N9O4S. The molecule has 0 unspecified atom stereocenters. The molecule has 5 heterocycles. The zero-order valence-electron chi connectivity index (χ0n) is 17.5. The van der Waals surface area contributed by atoms with Crippen molar-refractivity contribution >= 4 is 46.2 Å². The molecule has 1 aliphatic heterocycles. The molecule has 2 N–H and O–H groups in total. The minimum atomic E-state index is -1.33. The van der Waals surface area contributed by atoms with Crippen LogP contribution in [-0.4, -0.2) is 63.7 Å². The number of amides is 1. The highest BCUT2D eigenvalue weighted by atomic mass is 32.1. The fourth-order valence-corrected chi connectivity index (χ4v) is 4.17. The lowest BCUT2D eigenvalue weighted by molar-refractivity contribution is -0.120. The lowest BCUT2D eigenvalue weighted by Gasteiger charge is -2.39. The summed E-state index contributed by atoms with van der Waals surface area (Å²) < 4.78 is 6.90. The maximum Gasteiger partial charge on any atom is 0.341 e. The number of rotatable bonds is 5. The summed E-state index contributed by atoms with van der Waals surface area (Å²) in [5.41, 5.74) is -0.128. The van der Waals surface area contributed by atoms with E-state index in [1.165, 1.54) is 28.1 Å².